The van der Waals surface area contributed by atoms with Crippen molar-refractivity contribution in [2.75, 3.05) is 6.61 Å². The third-order valence-corrected chi connectivity index (χ3v) is 3.04. The number of hydrogen-bond acceptors (Lipinski definition) is 4. The van der Waals surface area contributed by atoms with Crippen LogP contribution in [0.3, 0.4) is 0 Å². The van der Waals surface area contributed by atoms with Crippen LogP contribution in [0.25, 0.3) is 0 Å². The molecule has 0 aliphatic carbocycles. The van der Waals surface area contributed by atoms with Gasteiger partial charge in [-0.2, -0.15) is 0 Å². The fraction of sp³-hybridized carbons (Fsp3) is 0.812. The second-order valence-electron chi connectivity index (χ2n) is 6.35. The molecule has 0 unspecified atom stereocenters. The van der Waals surface area contributed by atoms with Gasteiger partial charge in [-0.15, -0.1) is 0 Å². The number of hydrogen-bond donors (Lipinski definition) is 1. The lowest BCUT2D eigenvalue weighted by atomic mass is 10.1. The summed E-state index contributed by atoms with van der Waals surface area (Å²) in [5.41, 5.74) is 1.02. The van der Waals surface area contributed by atoms with Crippen LogP contribution in [0, 0.1) is 0 Å². The highest BCUT2D eigenvalue weighted by atomic mass is 16.5. The van der Waals surface area contributed by atoms with Gasteiger partial charge in [-0.3, -0.25) is 0 Å². The molecule has 0 radical (unpaired) electrons. The minimum Gasteiger partial charge on any atom is -0.373 e. The summed E-state index contributed by atoms with van der Waals surface area (Å²) >= 11 is 0. The number of nitrogens with zero attached hydrogens (tertiary/aromatic N) is 1. The molecule has 0 bridgehead atoms. The number of nitrogens with one attached hydrogen (secondary N) is 1. The Labute approximate surface area is 123 Å². The lowest BCUT2D eigenvalue weighted by Crippen LogP contribution is -2.35. The highest BCUT2D eigenvalue weighted by Crippen LogP contribution is 2.08. The average Bonchev–Trinajstić information content (AvgIpc) is 2.82. The first-order valence-electron chi connectivity index (χ1n) is 7.78. The summed E-state index contributed by atoms with van der Waals surface area (Å²) in [5, 5.41) is 7.43. The molecule has 1 rings (SSSR count). The van der Waals surface area contributed by atoms with E-state index in [2.05, 4.69) is 38.2 Å². The minimum absolute atomic E-state index is 0.0914. The molecule has 4 heteroatoms. The van der Waals surface area contributed by atoms with Crippen LogP contribution in [-0.4, -0.2) is 17.3 Å². The Morgan fingerprint density at radius 3 is 2.65 bits per heavy atom. The molecule has 116 valence electrons. The van der Waals surface area contributed by atoms with Crippen LogP contribution >= 0.6 is 0 Å². The topological polar surface area (TPSA) is 47.3 Å². The van der Waals surface area contributed by atoms with Crippen molar-refractivity contribution in [1.82, 2.24) is 10.5 Å². The molecule has 0 aromatic carbocycles. The fourth-order valence-corrected chi connectivity index (χ4v) is 1.84. The van der Waals surface area contributed by atoms with Gasteiger partial charge in [-0.25, -0.2) is 0 Å². The second-order valence-corrected chi connectivity index (χ2v) is 6.35. The fourth-order valence-electron chi connectivity index (χ4n) is 1.84. The molecule has 1 aromatic rings. The zero-order valence-electron chi connectivity index (χ0n) is 13.5. The summed E-state index contributed by atoms with van der Waals surface area (Å²) in [6.07, 6.45) is 6.30. The molecule has 0 amide bonds. The standard InChI is InChI=1S/C16H30N2O2/c1-5-6-7-8-9-10-19-13-15-11-14(18-20-15)12-17-16(2,3)4/h11,17H,5-10,12-13H2,1-4H3. The van der Waals surface area contributed by atoms with Gasteiger partial charge in [0.1, 0.15) is 6.61 Å². The molecule has 0 saturated heterocycles. The minimum atomic E-state index is 0.0914. The molecule has 0 spiro atoms. The maximum absolute atomic E-state index is 5.60. The number of aromatic nitrogens is 1. The van der Waals surface area contributed by atoms with Crippen molar-refractivity contribution >= 4 is 0 Å². The van der Waals surface area contributed by atoms with Gasteiger partial charge in [-0.05, 0) is 27.2 Å². The Kier molecular flexibility index (Phi) is 7.85. The van der Waals surface area contributed by atoms with Gasteiger partial charge in [0, 0.05) is 24.8 Å². The number of unbranched alkanes of at least 4 members (excludes halogenated alkanes) is 4. The molecule has 0 fully saturated rings. The van der Waals surface area contributed by atoms with E-state index in [-0.39, 0.29) is 5.54 Å². The highest BCUT2D eigenvalue weighted by Gasteiger charge is 2.10. The summed E-state index contributed by atoms with van der Waals surface area (Å²) in [4.78, 5) is 0. The van der Waals surface area contributed by atoms with Crippen LogP contribution in [0.2, 0.25) is 0 Å². The third-order valence-electron chi connectivity index (χ3n) is 3.04. The predicted molar refractivity (Wildman–Crippen MR) is 81.5 cm³/mol. The Morgan fingerprint density at radius 1 is 1.20 bits per heavy atom. The first-order valence-corrected chi connectivity index (χ1v) is 7.78. The molecular weight excluding hydrogens is 252 g/mol. The van der Waals surface area contributed by atoms with Gasteiger partial charge in [0.05, 0.1) is 5.69 Å². The molecule has 0 aliphatic rings. The van der Waals surface area contributed by atoms with Crippen molar-refractivity contribution in [3.05, 3.63) is 17.5 Å². The van der Waals surface area contributed by atoms with Crippen LogP contribution in [-0.2, 0) is 17.9 Å². The first-order chi connectivity index (χ1) is 9.51. The van der Waals surface area contributed by atoms with E-state index in [0.717, 1.165) is 31.0 Å². The summed E-state index contributed by atoms with van der Waals surface area (Å²) in [7, 11) is 0. The van der Waals surface area contributed by atoms with Crippen molar-refractivity contribution < 1.29 is 9.26 Å². The Balaban J connectivity index is 2.11. The van der Waals surface area contributed by atoms with Gasteiger partial charge in [0.2, 0.25) is 0 Å². The highest BCUT2D eigenvalue weighted by molar-refractivity contribution is 5.04. The first kappa shape index (κ1) is 17.2. The molecule has 1 aromatic heterocycles. The van der Waals surface area contributed by atoms with Gasteiger partial charge < -0.3 is 14.6 Å². The van der Waals surface area contributed by atoms with Gasteiger partial charge >= 0.3 is 0 Å². The van der Waals surface area contributed by atoms with E-state index in [4.69, 9.17) is 9.26 Å². The number of ether oxygens (including phenoxy) is 1. The second kappa shape index (κ2) is 9.14. The van der Waals surface area contributed by atoms with Crippen molar-refractivity contribution in [3.63, 3.8) is 0 Å². The smallest absolute Gasteiger partial charge is 0.162 e. The summed E-state index contributed by atoms with van der Waals surface area (Å²) < 4.78 is 10.9. The van der Waals surface area contributed by atoms with Gasteiger partial charge in [0.15, 0.2) is 5.76 Å². The lowest BCUT2D eigenvalue weighted by molar-refractivity contribution is 0.0975. The molecule has 4 nitrogen and oxygen atoms in total. The summed E-state index contributed by atoms with van der Waals surface area (Å²) in [6, 6.07) is 1.97. The van der Waals surface area contributed by atoms with E-state index >= 15 is 0 Å². The maximum Gasteiger partial charge on any atom is 0.162 e. The van der Waals surface area contributed by atoms with Crippen LogP contribution in [0.5, 0.6) is 0 Å². The van der Waals surface area contributed by atoms with Crippen LogP contribution in [0.1, 0.15) is 71.3 Å². The zero-order valence-corrected chi connectivity index (χ0v) is 13.5. The molecule has 1 heterocycles. The van der Waals surface area contributed by atoms with Crippen LogP contribution in [0.15, 0.2) is 10.6 Å². The molecular formula is C16H30N2O2. The third kappa shape index (κ3) is 8.33. The normalized spacial score (nSPS) is 12.0. The van der Waals surface area contributed by atoms with Crippen LogP contribution in [0.4, 0.5) is 0 Å². The summed E-state index contributed by atoms with van der Waals surface area (Å²) in [6.45, 7) is 10.7. The zero-order chi connectivity index (χ0) is 14.8. The monoisotopic (exact) mass is 282 g/mol. The van der Waals surface area contributed by atoms with E-state index in [9.17, 15) is 0 Å². The molecule has 0 saturated carbocycles. The number of rotatable bonds is 10. The predicted octanol–water partition coefficient (Wildman–Crippen LogP) is 4.05. The van der Waals surface area contributed by atoms with Gasteiger partial charge in [-0.1, -0.05) is 37.8 Å². The van der Waals surface area contributed by atoms with E-state index in [0.29, 0.717) is 6.61 Å². The van der Waals surface area contributed by atoms with E-state index < -0.39 is 0 Å². The maximum atomic E-state index is 5.60. The lowest BCUT2D eigenvalue weighted by Gasteiger charge is -2.19. The van der Waals surface area contributed by atoms with Crippen molar-refractivity contribution in [2.24, 2.45) is 0 Å². The van der Waals surface area contributed by atoms with Crippen LogP contribution < -0.4 is 5.32 Å². The van der Waals surface area contributed by atoms with E-state index in [1.54, 1.807) is 0 Å². The Morgan fingerprint density at radius 2 is 1.95 bits per heavy atom. The van der Waals surface area contributed by atoms with Gasteiger partial charge in [0.25, 0.3) is 0 Å². The van der Waals surface area contributed by atoms with Crippen molar-refractivity contribution in [2.45, 2.75) is 78.5 Å². The molecule has 0 aliphatic heterocycles. The molecule has 0 atom stereocenters. The van der Waals surface area contributed by atoms with E-state index in [1.165, 1.54) is 25.7 Å². The summed E-state index contributed by atoms with van der Waals surface area (Å²) in [5.74, 6) is 0.810. The Bertz CT molecular complexity index is 356. The largest absolute Gasteiger partial charge is 0.373 e. The molecule has 1 N–H and O–H groups in total. The average molecular weight is 282 g/mol. The molecule has 20 heavy (non-hydrogen) atoms. The van der Waals surface area contributed by atoms with Crippen molar-refractivity contribution in [1.29, 1.82) is 0 Å². The van der Waals surface area contributed by atoms with E-state index in [1.807, 2.05) is 6.07 Å². The SMILES string of the molecule is CCCCCCCOCc1cc(CNC(C)(C)C)no1. The van der Waals surface area contributed by atoms with Crippen molar-refractivity contribution in [3.8, 4) is 0 Å². The Hall–Kier alpha value is -0.870. The quantitative estimate of drug-likeness (QED) is 0.658.